The van der Waals surface area contributed by atoms with E-state index in [0.717, 1.165) is 25.7 Å². The van der Waals surface area contributed by atoms with Gasteiger partial charge in [0.1, 0.15) is 5.54 Å². The zero-order valence-electron chi connectivity index (χ0n) is 7.55. The molecule has 1 atom stereocenters. The van der Waals surface area contributed by atoms with Gasteiger partial charge in [-0.1, -0.05) is 19.3 Å². The number of nitrogens with two attached hydrogens (primary N) is 1. The van der Waals surface area contributed by atoms with Crippen LogP contribution in [-0.2, 0) is 4.79 Å². The molecular weight excluding hydrogens is 154 g/mol. The van der Waals surface area contributed by atoms with Crippen LogP contribution in [0.1, 0.15) is 39.0 Å². The topological polar surface area (TPSA) is 63.3 Å². The van der Waals surface area contributed by atoms with E-state index in [0.29, 0.717) is 0 Å². The lowest BCUT2D eigenvalue weighted by molar-refractivity contribution is -0.145. The zero-order chi connectivity index (χ0) is 9.19. The lowest BCUT2D eigenvalue weighted by Gasteiger charge is -2.32. The minimum atomic E-state index is -1.01. The molecule has 0 aromatic carbocycles. The Bertz CT molecular complexity index is 171. The molecule has 0 aromatic heterocycles. The SMILES string of the molecule is C[C@@](N)(C(=O)O)C1CCCCC1. The average Bonchev–Trinajstić information content (AvgIpc) is 2.06. The van der Waals surface area contributed by atoms with E-state index in [-0.39, 0.29) is 5.92 Å². The number of aliphatic carboxylic acids is 1. The summed E-state index contributed by atoms with van der Waals surface area (Å²) >= 11 is 0. The first kappa shape index (κ1) is 9.52. The Balaban J connectivity index is 2.59. The molecule has 3 heteroatoms. The molecule has 1 aliphatic rings. The van der Waals surface area contributed by atoms with Gasteiger partial charge in [0.25, 0.3) is 0 Å². The van der Waals surface area contributed by atoms with Crippen LogP contribution in [0.3, 0.4) is 0 Å². The predicted molar refractivity (Wildman–Crippen MR) is 46.8 cm³/mol. The van der Waals surface area contributed by atoms with Gasteiger partial charge < -0.3 is 10.8 Å². The number of carbonyl (C=O) groups is 1. The standard InChI is InChI=1S/C9H17NO2/c1-9(10,8(11)12)7-5-3-2-4-6-7/h7H,2-6,10H2,1H3,(H,11,12)/t9-/m0/s1. The summed E-state index contributed by atoms with van der Waals surface area (Å²) in [6.07, 6.45) is 5.43. The second kappa shape index (κ2) is 3.44. The Labute approximate surface area is 72.9 Å². The van der Waals surface area contributed by atoms with Gasteiger partial charge in [-0.2, -0.15) is 0 Å². The Morgan fingerprint density at radius 2 is 1.92 bits per heavy atom. The van der Waals surface area contributed by atoms with E-state index in [2.05, 4.69) is 0 Å². The maximum Gasteiger partial charge on any atom is 0.323 e. The van der Waals surface area contributed by atoms with Gasteiger partial charge in [0.2, 0.25) is 0 Å². The van der Waals surface area contributed by atoms with Crippen LogP contribution in [0.15, 0.2) is 0 Å². The third-order valence-electron chi connectivity index (χ3n) is 2.91. The molecule has 0 aromatic rings. The largest absolute Gasteiger partial charge is 0.480 e. The van der Waals surface area contributed by atoms with Crippen molar-refractivity contribution in [2.24, 2.45) is 11.7 Å². The monoisotopic (exact) mass is 171 g/mol. The number of rotatable bonds is 2. The van der Waals surface area contributed by atoms with Gasteiger partial charge in [-0.3, -0.25) is 4.79 Å². The van der Waals surface area contributed by atoms with Crippen LogP contribution in [0.5, 0.6) is 0 Å². The Kier molecular flexibility index (Phi) is 2.73. The zero-order valence-corrected chi connectivity index (χ0v) is 7.55. The first-order chi connectivity index (χ1) is 5.55. The fourth-order valence-corrected chi connectivity index (χ4v) is 1.88. The lowest BCUT2D eigenvalue weighted by atomic mass is 9.76. The second-order valence-electron chi connectivity index (χ2n) is 3.92. The normalized spacial score (nSPS) is 24.8. The van der Waals surface area contributed by atoms with Crippen molar-refractivity contribution < 1.29 is 9.90 Å². The molecule has 0 radical (unpaired) electrons. The summed E-state index contributed by atoms with van der Waals surface area (Å²) in [6.45, 7) is 1.63. The molecule has 0 heterocycles. The number of carboxylic acids is 1. The maximum absolute atomic E-state index is 10.8. The Hall–Kier alpha value is -0.570. The van der Waals surface area contributed by atoms with Crippen molar-refractivity contribution >= 4 is 5.97 Å². The molecule has 0 spiro atoms. The Morgan fingerprint density at radius 3 is 2.33 bits per heavy atom. The van der Waals surface area contributed by atoms with Crippen molar-refractivity contribution in [2.45, 2.75) is 44.6 Å². The molecule has 3 N–H and O–H groups in total. The fraction of sp³-hybridized carbons (Fsp3) is 0.889. The van der Waals surface area contributed by atoms with Crippen molar-refractivity contribution in [2.75, 3.05) is 0 Å². The molecule has 0 saturated heterocycles. The van der Waals surface area contributed by atoms with Crippen molar-refractivity contribution in [1.29, 1.82) is 0 Å². The van der Waals surface area contributed by atoms with Gasteiger partial charge in [0, 0.05) is 0 Å². The van der Waals surface area contributed by atoms with Gasteiger partial charge in [0.05, 0.1) is 0 Å². The van der Waals surface area contributed by atoms with Crippen molar-refractivity contribution in [3.63, 3.8) is 0 Å². The smallest absolute Gasteiger partial charge is 0.323 e. The summed E-state index contributed by atoms with van der Waals surface area (Å²) < 4.78 is 0. The first-order valence-corrected chi connectivity index (χ1v) is 4.57. The molecule has 1 rings (SSSR count). The van der Waals surface area contributed by atoms with Crippen LogP contribution in [0.2, 0.25) is 0 Å². The van der Waals surface area contributed by atoms with E-state index in [1.807, 2.05) is 0 Å². The lowest BCUT2D eigenvalue weighted by Crippen LogP contribution is -2.51. The minimum absolute atomic E-state index is 0.170. The molecule has 0 unspecified atom stereocenters. The minimum Gasteiger partial charge on any atom is -0.480 e. The third-order valence-corrected chi connectivity index (χ3v) is 2.91. The summed E-state index contributed by atoms with van der Waals surface area (Å²) in [5.74, 6) is -0.696. The highest BCUT2D eigenvalue weighted by molar-refractivity contribution is 5.78. The molecule has 1 aliphatic carbocycles. The molecule has 0 aliphatic heterocycles. The summed E-state index contributed by atoms with van der Waals surface area (Å²) in [4.78, 5) is 10.8. The molecular formula is C9H17NO2. The van der Waals surface area contributed by atoms with E-state index in [4.69, 9.17) is 10.8 Å². The Morgan fingerprint density at radius 1 is 1.42 bits per heavy atom. The first-order valence-electron chi connectivity index (χ1n) is 4.57. The third kappa shape index (κ3) is 1.78. The number of hydrogen-bond donors (Lipinski definition) is 2. The van der Waals surface area contributed by atoms with Gasteiger partial charge >= 0.3 is 5.97 Å². The number of carboxylic acid groups (broad SMARTS) is 1. The molecule has 0 amide bonds. The van der Waals surface area contributed by atoms with Crippen LogP contribution >= 0.6 is 0 Å². The maximum atomic E-state index is 10.8. The van der Waals surface area contributed by atoms with E-state index < -0.39 is 11.5 Å². The second-order valence-corrected chi connectivity index (χ2v) is 3.92. The molecule has 1 fully saturated rings. The molecule has 0 bridgehead atoms. The highest BCUT2D eigenvalue weighted by Gasteiger charge is 2.37. The molecule has 1 saturated carbocycles. The predicted octanol–water partition coefficient (Wildman–Crippen LogP) is 1.37. The quantitative estimate of drug-likeness (QED) is 0.659. The van der Waals surface area contributed by atoms with E-state index >= 15 is 0 Å². The van der Waals surface area contributed by atoms with Crippen LogP contribution in [0.4, 0.5) is 0 Å². The fourth-order valence-electron chi connectivity index (χ4n) is 1.88. The summed E-state index contributed by atoms with van der Waals surface area (Å²) in [5.41, 5.74) is 4.72. The van der Waals surface area contributed by atoms with E-state index in [1.165, 1.54) is 6.42 Å². The molecule has 3 nitrogen and oxygen atoms in total. The van der Waals surface area contributed by atoms with Gasteiger partial charge in [-0.05, 0) is 25.7 Å². The molecule has 70 valence electrons. The van der Waals surface area contributed by atoms with Crippen LogP contribution in [0, 0.1) is 5.92 Å². The van der Waals surface area contributed by atoms with Crippen LogP contribution in [0.25, 0.3) is 0 Å². The number of hydrogen-bond acceptors (Lipinski definition) is 2. The van der Waals surface area contributed by atoms with Crippen molar-refractivity contribution in [3.05, 3.63) is 0 Å². The van der Waals surface area contributed by atoms with Crippen LogP contribution in [-0.4, -0.2) is 16.6 Å². The summed E-state index contributed by atoms with van der Waals surface area (Å²) in [5, 5.41) is 8.87. The highest BCUT2D eigenvalue weighted by atomic mass is 16.4. The van der Waals surface area contributed by atoms with Gasteiger partial charge in [-0.25, -0.2) is 0 Å². The average molecular weight is 171 g/mol. The van der Waals surface area contributed by atoms with Crippen molar-refractivity contribution in [3.8, 4) is 0 Å². The van der Waals surface area contributed by atoms with E-state index in [9.17, 15) is 4.79 Å². The molecule has 12 heavy (non-hydrogen) atoms. The van der Waals surface area contributed by atoms with E-state index in [1.54, 1.807) is 6.92 Å². The van der Waals surface area contributed by atoms with Gasteiger partial charge in [-0.15, -0.1) is 0 Å². The highest BCUT2D eigenvalue weighted by Crippen LogP contribution is 2.31. The van der Waals surface area contributed by atoms with Gasteiger partial charge in [0.15, 0.2) is 0 Å². The summed E-state index contributed by atoms with van der Waals surface area (Å²) in [6, 6.07) is 0. The van der Waals surface area contributed by atoms with Crippen LogP contribution < -0.4 is 5.73 Å². The van der Waals surface area contributed by atoms with Crippen molar-refractivity contribution in [1.82, 2.24) is 0 Å². The summed E-state index contributed by atoms with van der Waals surface area (Å²) in [7, 11) is 0.